The van der Waals surface area contributed by atoms with Gasteiger partial charge in [0.1, 0.15) is 23.0 Å². The molecule has 3 heterocycles. The Morgan fingerprint density at radius 2 is 1.75 bits per heavy atom. The zero-order chi connectivity index (χ0) is 27.9. The Morgan fingerprint density at radius 1 is 0.950 bits per heavy atom. The largest absolute Gasteiger partial charge is 0.494 e. The van der Waals surface area contributed by atoms with Crippen molar-refractivity contribution >= 4 is 34.5 Å². The Kier molecular flexibility index (Phi) is 8.71. The summed E-state index contributed by atoms with van der Waals surface area (Å²) in [5, 5.41) is 6.22. The number of hydrogen-bond donors (Lipinski definition) is 2. The summed E-state index contributed by atoms with van der Waals surface area (Å²) in [6.07, 6.45) is 4.75. The van der Waals surface area contributed by atoms with Crippen molar-refractivity contribution < 1.29 is 14.3 Å². The third kappa shape index (κ3) is 6.66. The molecule has 2 N–H and O–H groups in total. The smallest absolute Gasteiger partial charge is 0.247 e. The van der Waals surface area contributed by atoms with Gasteiger partial charge < -0.3 is 34.8 Å². The fourth-order valence-electron chi connectivity index (χ4n) is 5.08. The van der Waals surface area contributed by atoms with E-state index in [1.807, 2.05) is 30.3 Å². The highest BCUT2D eigenvalue weighted by molar-refractivity contribution is 5.98. The number of nitrogens with zero attached hydrogens (tertiary/aromatic N) is 4. The Bertz CT molecular complexity index is 1330. The van der Waals surface area contributed by atoms with Crippen molar-refractivity contribution in [2.24, 2.45) is 0 Å². The van der Waals surface area contributed by atoms with E-state index >= 15 is 0 Å². The molecule has 2 fully saturated rings. The lowest BCUT2D eigenvalue weighted by Crippen LogP contribution is -2.44. The number of piperazine rings is 1. The van der Waals surface area contributed by atoms with Crippen LogP contribution in [0.15, 0.2) is 67.3 Å². The van der Waals surface area contributed by atoms with Crippen molar-refractivity contribution in [3.8, 4) is 17.4 Å². The van der Waals surface area contributed by atoms with Gasteiger partial charge in [-0.2, -0.15) is 4.98 Å². The number of anilines is 5. The van der Waals surface area contributed by atoms with E-state index in [0.29, 0.717) is 23.1 Å². The van der Waals surface area contributed by atoms with Crippen LogP contribution in [0.2, 0.25) is 0 Å². The van der Waals surface area contributed by atoms with Crippen LogP contribution in [-0.2, 0) is 4.79 Å². The molecule has 0 atom stereocenters. The zero-order valence-corrected chi connectivity index (χ0v) is 23.4. The molecular formula is C31H38N6O3. The standard InChI is InChI=1S/C31H38N6O3/c1-4-30(38)32-23-9-8-10-25(21-23)40-31-27(37-15-6-5-7-16-37)13-14-29(34-31)33-26-12-11-24(22-28(26)39-3)36-19-17-35(2)18-20-36/h4,8-14,21-22H,1,5-7,15-20H2,2-3H3,(H,32,38)(H,33,34). The van der Waals surface area contributed by atoms with Crippen LogP contribution in [0.25, 0.3) is 0 Å². The molecule has 2 saturated heterocycles. The van der Waals surface area contributed by atoms with Crippen LogP contribution >= 0.6 is 0 Å². The molecule has 2 aromatic carbocycles. The molecule has 2 aliphatic rings. The lowest BCUT2D eigenvalue weighted by molar-refractivity contribution is -0.111. The monoisotopic (exact) mass is 542 g/mol. The molecule has 0 saturated carbocycles. The van der Waals surface area contributed by atoms with Crippen LogP contribution in [0, 0.1) is 0 Å². The zero-order valence-electron chi connectivity index (χ0n) is 23.4. The van der Waals surface area contributed by atoms with Crippen molar-refractivity contribution in [3.05, 3.63) is 67.3 Å². The second-order valence-corrected chi connectivity index (χ2v) is 10.2. The predicted molar refractivity (Wildman–Crippen MR) is 162 cm³/mol. The van der Waals surface area contributed by atoms with Crippen molar-refractivity contribution in [1.29, 1.82) is 0 Å². The third-order valence-electron chi connectivity index (χ3n) is 7.35. The first kappa shape index (κ1) is 27.3. The summed E-state index contributed by atoms with van der Waals surface area (Å²) in [5.41, 5.74) is 3.56. The summed E-state index contributed by atoms with van der Waals surface area (Å²) in [4.78, 5) is 23.7. The number of ether oxygens (including phenoxy) is 2. The number of methoxy groups -OCH3 is 1. The van der Waals surface area contributed by atoms with Gasteiger partial charge in [-0.05, 0) is 68.8 Å². The van der Waals surface area contributed by atoms with Crippen LogP contribution < -0.4 is 29.9 Å². The van der Waals surface area contributed by atoms with Gasteiger partial charge in [0, 0.05) is 62.8 Å². The van der Waals surface area contributed by atoms with E-state index in [1.54, 1.807) is 13.2 Å². The minimum Gasteiger partial charge on any atom is -0.494 e. The molecule has 2 aliphatic heterocycles. The van der Waals surface area contributed by atoms with Gasteiger partial charge in [-0.1, -0.05) is 12.6 Å². The maximum atomic E-state index is 11.8. The minimum absolute atomic E-state index is 0.275. The lowest BCUT2D eigenvalue weighted by atomic mass is 10.1. The van der Waals surface area contributed by atoms with E-state index in [4.69, 9.17) is 14.5 Å². The molecule has 40 heavy (non-hydrogen) atoms. The van der Waals surface area contributed by atoms with Crippen molar-refractivity contribution in [3.63, 3.8) is 0 Å². The lowest BCUT2D eigenvalue weighted by Gasteiger charge is -2.34. The van der Waals surface area contributed by atoms with Crippen molar-refractivity contribution in [2.75, 3.05) is 73.9 Å². The number of hydrogen-bond acceptors (Lipinski definition) is 8. The maximum Gasteiger partial charge on any atom is 0.247 e. The molecule has 1 aromatic heterocycles. The molecule has 210 valence electrons. The average Bonchev–Trinajstić information content (AvgIpc) is 2.98. The van der Waals surface area contributed by atoms with Gasteiger partial charge in [0.15, 0.2) is 0 Å². The van der Waals surface area contributed by atoms with Crippen LogP contribution in [0.1, 0.15) is 19.3 Å². The fourth-order valence-corrected chi connectivity index (χ4v) is 5.08. The summed E-state index contributed by atoms with van der Waals surface area (Å²) < 4.78 is 12.1. The van der Waals surface area contributed by atoms with E-state index < -0.39 is 0 Å². The second-order valence-electron chi connectivity index (χ2n) is 10.2. The Balaban J connectivity index is 1.40. The normalized spacial score (nSPS) is 15.8. The number of amides is 1. The van der Waals surface area contributed by atoms with E-state index in [1.165, 1.54) is 12.5 Å². The highest BCUT2D eigenvalue weighted by Gasteiger charge is 2.20. The van der Waals surface area contributed by atoms with Crippen LogP contribution in [0.5, 0.6) is 17.4 Å². The number of piperidine rings is 1. The van der Waals surface area contributed by atoms with Crippen LogP contribution in [-0.4, -0.2) is 69.2 Å². The van der Waals surface area contributed by atoms with E-state index in [0.717, 1.165) is 74.9 Å². The van der Waals surface area contributed by atoms with E-state index in [9.17, 15) is 4.79 Å². The summed E-state index contributed by atoms with van der Waals surface area (Å²) in [5.74, 6) is 2.22. The second kappa shape index (κ2) is 12.7. The highest BCUT2D eigenvalue weighted by atomic mass is 16.5. The highest BCUT2D eigenvalue weighted by Crippen LogP contribution is 2.37. The summed E-state index contributed by atoms with van der Waals surface area (Å²) >= 11 is 0. The van der Waals surface area contributed by atoms with E-state index in [-0.39, 0.29) is 5.91 Å². The predicted octanol–water partition coefficient (Wildman–Crippen LogP) is 5.49. The number of carbonyl (C=O) groups excluding carboxylic acids is 1. The van der Waals surface area contributed by atoms with E-state index in [2.05, 4.69) is 57.2 Å². The molecule has 1 amide bonds. The Morgan fingerprint density at radius 3 is 2.50 bits per heavy atom. The number of benzene rings is 2. The number of rotatable bonds is 9. The Hall–Kier alpha value is -4.24. The van der Waals surface area contributed by atoms with Gasteiger partial charge in [-0.15, -0.1) is 0 Å². The number of carbonyl (C=O) groups is 1. The number of nitrogens with one attached hydrogen (secondary N) is 2. The molecule has 0 aliphatic carbocycles. The molecule has 9 heteroatoms. The van der Waals surface area contributed by atoms with Gasteiger partial charge in [-0.25, -0.2) is 0 Å². The number of aromatic nitrogens is 1. The molecule has 3 aromatic rings. The topological polar surface area (TPSA) is 82.2 Å². The van der Waals surface area contributed by atoms with Gasteiger partial charge in [0.2, 0.25) is 11.8 Å². The third-order valence-corrected chi connectivity index (χ3v) is 7.35. The first-order valence-corrected chi connectivity index (χ1v) is 13.9. The fraction of sp³-hybridized carbons (Fsp3) is 0.355. The van der Waals surface area contributed by atoms with Gasteiger partial charge in [0.25, 0.3) is 0 Å². The quantitative estimate of drug-likeness (QED) is 0.344. The maximum absolute atomic E-state index is 11.8. The molecule has 0 unspecified atom stereocenters. The molecule has 0 bridgehead atoms. The Labute approximate surface area is 236 Å². The molecule has 9 nitrogen and oxygen atoms in total. The van der Waals surface area contributed by atoms with Crippen LogP contribution in [0.4, 0.5) is 28.6 Å². The number of pyridine rings is 1. The van der Waals surface area contributed by atoms with Crippen molar-refractivity contribution in [2.45, 2.75) is 19.3 Å². The van der Waals surface area contributed by atoms with Gasteiger partial charge in [0.05, 0.1) is 12.8 Å². The summed E-state index contributed by atoms with van der Waals surface area (Å²) in [6.45, 7) is 9.51. The minimum atomic E-state index is -0.275. The molecule has 0 radical (unpaired) electrons. The molecule has 5 rings (SSSR count). The first-order valence-electron chi connectivity index (χ1n) is 13.9. The number of likely N-dealkylation sites (N-methyl/N-ethyl adjacent to an activating group) is 1. The summed E-state index contributed by atoms with van der Waals surface area (Å²) in [7, 11) is 3.84. The van der Waals surface area contributed by atoms with Crippen molar-refractivity contribution in [1.82, 2.24) is 9.88 Å². The van der Waals surface area contributed by atoms with Crippen LogP contribution in [0.3, 0.4) is 0 Å². The SMILES string of the molecule is C=CC(=O)Nc1cccc(Oc2nc(Nc3ccc(N4CCN(C)CC4)cc3OC)ccc2N2CCCCC2)c1. The van der Waals surface area contributed by atoms with Gasteiger partial charge >= 0.3 is 0 Å². The molecular weight excluding hydrogens is 504 g/mol. The summed E-state index contributed by atoms with van der Waals surface area (Å²) in [6, 6.07) is 17.6. The average molecular weight is 543 g/mol. The first-order chi connectivity index (χ1) is 19.5. The molecule has 0 spiro atoms. The van der Waals surface area contributed by atoms with Gasteiger partial charge in [-0.3, -0.25) is 4.79 Å².